The normalized spacial score (nSPS) is 24.4. The van der Waals surface area contributed by atoms with Gasteiger partial charge in [-0.3, -0.25) is 4.68 Å². The highest BCUT2D eigenvalue weighted by Gasteiger charge is 2.16. The zero-order valence-corrected chi connectivity index (χ0v) is 9.41. The van der Waals surface area contributed by atoms with Gasteiger partial charge in [0.1, 0.15) is 5.82 Å². The van der Waals surface area contributed by atoms with Crippen LogP contribution < -0.4 is 10.6 Å². The molecule has 0 spiro atoms. The van der Waals surface area contributed by atoms with E-state index < -0.39 is 0 Å². The van der Waals surface area contributed by atoms with Crippen LogP contribution in [0.5, 0.6) is 0 Å². The molecule has 5 heteroatoms. The lowest BCUT2D eigenvalue weighted by molar-refractivity contribution is 0.187. The van der Waals surface area contributed by atoms with E-state index in [1.165, 1.54) is 12.1 Å². The lowest BCUT2D eigenvalue weighted by Crippen LogP contribution is -2.28. The molecule has 0 amide bonds. The summed E-state index contributed by atoms with van der Waals surface area (Å²) in [4.78, 5) is 0. The Morgan fingerprint density at radius 2 is 2.62 bits per heavy atom. The van der Waals surface area contributed by atoms with Crippen molar-refractivity contribution in [3.63, 3.8) is 0 Å². The second-order valence-corrected chi connectivity index (χ2v) is 4.53. The molecule has 1 aromatic rings. The summed E-state index contributed by atoms with van der Waals surface area (Å²) in [7, 11) is 0. The quantitative estimate of drug-likeness (QED) is 0.779. The zero-order valence-electron chi connectivity index (χ0n) is 9.41. The van der Waals surface area contributed by atoms with Crippen LogP contribution in [-0.2, 0) is 17.8 Å². The molecule has 3 heterocycles. The van der Waals surface area contributed by atoms with Crippen molar-refractivity contribution < 1.29 is 4.74 Å². The topological polar surface area (TPSA) is 51.1 Å². The number of hydrogen-bond acceptors (Lipinski definition) is 4. The maximum absolute atomic E-state index is 5.35. The lowest BCUT2D eigenvalue weighted by atomic mass is 10.1. The van der Waals surface area contributed by atoms with Gasteiger partial charge in [-0.05, 0) is 6.42 Å². The maximum atomic E-state index is 5.35. The van der Waals surface area contributed by atoms with Crippen LogP contribution >= 0.6 is 0 Å². The minimum absolute atomic E-state index is 0.650. The van der Waals surface area contributed by atoms with Crippen molar-refractivity contribution in [3.8, 4) is 0 Å². The molecule has 1 unspecified atom stereocenters. The summed E-state index contributed by atoms with van der Waals surface area (Å²) in [5, 5.41) is 11.3. The van der Waals surface area contributed by atoms with Crippen LogP contribution in [0, 0.1) is 5.92 Å². The maximum Gasteiger partial charge on any atom is 0.148 e. The molecular formula is C11H18N4O. The summed E-state index contributed by atoms with van der Waals surface area (Å²) < 4.78 is 7.44. The van der Waals surface area contributed by atoms with Crippen molar-refractivity contribution in [3.05, 3.63) is 11.8 Å². The summed E-state index contributed by atoms with van der Waals surface area (Å²) in [6, 6.07) is 2.14. The van der Waals surface area contributed by atoms with Gasteiger partial charge in [-0.15, -0.1) is 0 Å². The number of rotatable bonds is 3. The lowest BCUT2D eigenvalue weighted by Gasteiger charge is -2.13. The molecule has 2 aliphatic rings. The van der Waals surface area contributed by atoms with Crippen LogP contribution in [0.15, 0.2) is 6.07 Å². The van der Waals surface area contributed by atoms with E-state index in [2.05, 4.69) is 26.5 Å². The highest BCUT2D eigenvalue weighted by Crippen LogP contribution is 2.15. The molecule has 2 aliphatic heterocycles. The number of hydrogen-bond donors (Lipinski definition) is 2. The van der Waals surface area contributed by atoms with E-state index in [-0.39, 0.29) is 0 Å². The second kappa shape index (κ2) is 4.43. The Hall–Kier alpha value is -1.07. The van der Waals surface area contributed by atoms with Crippen molar-refractivity contribution in [1.82, 2.24) is 15.1 Å². The third kappa shape index (κ3) is 2.05. The van der Waals surface area contributed by atoms with Gasteiger partial charge in [-0.25, -0.2) is 0 Å². The highest BCUT2D eigenvalue weighted by atomic mass is 16.5. The van der Waals surface area contributed by atoms with Crippen LogP contribution in [0.1, 0.15) is 12.1 Å². The largest absolute Gasteiger partial charge is 0.381 e. The Kier molecular flexibility index (Phi) is 2.80. The van der Waals surface area contributed by atoms with Crippen molar-refractivity contribution in [1.29, 1.82) is 0 Å². The molecule has 1 aromatic heterocycles. The van der Waals surface area contributed by atoms with E-state index in [9.17, 15) is 0 Å². The summed E-state index contributed by atoms with van der Waals surface area (Å²) in [5.74, 6) is 1.66. The van der Waals surface area contributed by atoms with Gasteiger partial charge in [0.25, 0.3) is 0 Å². The first kappa shape index (κ1) is 10.1. The van der Waals surface area contributed by atoms with E-state index >= 15 is 0 Å². The van der Waals surface area contributed by atoms with E-state index in [0.717, 1.165) is 45.2 Å². The van der Waals surface area contributed by atoms with Crippen LogP contribution in [0.25, 0.3) is 0 Å². The van der Waals surface area contributed by atoms with Gasteiger partial charge in [0.15, 0.2) is 0 Å². The first-order valence-electron chi connectivity index (χ1n) is 6.01. The summed E-state index contributed by atoms with van der Waals surface area (Å²) >= 11 is 0. The molecular weight excluding hydrogens is 204 g/mol. The van der Waals surface area contributed by atoms with Gasteiger partial charge >= 0.3 is 0 Å². The van der Waals surface area contributed by atoms with E-state index in [1.54, 1.807) is 0 Å². The van der Waals surface area contributed by atoms with Crippen LogP contribution in [-0.4, -0.2) is 36.1 Å². The minimum atomic E-state index is 0.650. The second-order valence-electron chi connectivity index (χ2n) is 4.53. The van der Waals surface area contributed by atoms with Gasteiger partial charge in [-0.2, -0.15) is 5.10 Å². The molecule has 1 saturated heterocycles. The summed E-state index contributed by atoms with van der Waals surface area (Å²) in [5.41, 5.74) is 1.27. The van der Waals surface area contributed by atoms with Crippen molar-refractivity contribution in [2.45, 2.75) is 19.5 Å². The molecule has 88 valence electrons. The number of aromatic nitrogens is 2. The fraction of sp³-hybridized carbons (Fsp3) is 0.727. The van der Waals surface area contributed by atoms with Crippen molar-refractivity contribution >= 4 is 5.82 Å². The number of fused-ring (bicyclic) bond motifs is 1. The van der Waals surface area contributed by atoms with E-state index in [1.807, 2.05) is 0 Å². The van der Waals surface area contributed by atoms with Crippen LogP contribution in [0.3, 0.4) is 0 Å². The average Bonchev–Trinajstić information content (AvgIpc) is 2.95. The molecule has 3 rings (SSSR count). The highest BCUT2D eigenvalue weighted by molar-refractivity contribution is 5.36. The molecule has 5 nitrogen and oxygen atoms in total. The Bertz CT molecular complexity index is 333. The standard InChI is InChI=1S/C11H18N4O/c1-4-16-8-9(1)6-13-11-5-10-7-12-2-3-15(10)14-11/h5,9,12H,1-4,6-8H2,(H,13,14). The summed E-state index contributed by atoms with van der Waals surface area (Å²) in [6.07, 6.45) is 1.17. The average molecular weight is 222 g/mol. The molecule has 16 heavy (non-hydrogen) atoms. The Balaban J connectivity index is 1.59. The molecule has 0 aromatic carbocycles. The fourth-order valence-electron chi connectivity index (χ4n) is 2.27. The fourth-order valence-corrected chi connectivity index (χ4v) is 2.27. The first-order chi connectivity index (χ1) is 7.92. The van der Waals surface area contributed by atoms with Crippen molar-refractivity contribution in [2.24, 2.45) is 5.92 Å². The third-order valence-electron chi connectivity index (χ3n) is 3.27. The first-order valence-corrected chi connectivity index (χ1v) is 6.01. The number of anilines is 1. The predicted molar refractivity (Wildman–Crippen MR) is 61.3 cm³/mol. The molecule has 1 fully saturated rings. The minimum Gasteiger partial charge on any atom is -0.381 e. The predicted octanol–water partition coefficient (Wildman–Crippen LogP) is 0.435. The molecule has 0 saturated carbocycles. The monoisotopic (exact) mass is 222 g/mol. The Morgan fingerprint density at radius 3 is 3.44 bits per heavy atom. The number of nitrogens with zero attached hydrogens (tertiary/aromatic N) is 2. The summed E-state index contributed by atoms with van der Waals surface area (Å²) in [6.45, 7) is 5.71. The number of ether oxygens (including phenoxy) is 1. The van der Waals surface area contributed by atoms with Crippen LogP contribution in [0.2, 0.25) is 0 Å². The Labute approximate surface area is 95.2 Å². The SMILES string of the molecule is c1c(NCC2CCOC2)nn2c1CNCC2. The molecule has 0 aliphatic carbocycles. The van der Waals surface area contributed by atoms with Gasteiger partial charge < -0.3 is 15.4 Å². The zero-order chi connectivity index (χ0) is 10.8. The number of nitrogens with one attached hydrogen (secondary N) is 2. The molecule has 0 bridgehead atoms. The van der Waals surface area contributed by atoms with E-state index in [0.29, 0.717) is 5.92 Å². The molecule has 1 atom stereocenters. The van der Waals surface area contributed by atoms with Gasteiger partial charge in [-0.1, -0.05) is 0 Å². The molecule has 2 N–H and O–H groups in total. The van der Waals surface area contributed by atoms with Crippen LogP contribution in [0.4, 0.5) is 5.82 Å². The van der Waals surface area contributed by atoms with Gasteiger partial charge in [0.2, 0.25) is 0 Å². The molecule has 0 radical (unpaired) electrons. The smallest absolute Gasteiger partial charge is 0.148 e. The van der Waals surface area contributed by atoms with Crippen molar-refractivity contribution in [2.75, 3.05) is 31.6 Å². The Morgan fingerprint density at radius 1 is 1.62 bits per heavy atom. The van der Waals surface area contributed by atoms with Gasteiger partial charge in [0.05, 0.1) is 18.8 Å². The van der Waals surface area contributed by atoms with E-state index in [4.69, 9.17) is 4.74 Å². The third-order valence-corrected chi connectivity index (χ3v) is 3.27. The van der Waals surface area contributed by atoms with Gasteiger partial charge in [0, 0.05) is 38.2 Å².